The third-order valence-electron chi connectivity index (χ3n) is 3.27. The molecule has 3 heteroatoms. The lowest BCUT2D eigenvalue weighted by Crippen LogP contribution is -2.25. The van der Waals surface area contributed by atoms with E-state index in [-0.39, 0.29) is 12.1 Å². The Morgan fingerprint density at radius 3 is 2.82 bits per heavy atom. The Hall–Kier alpha value is -1.06. The van der Waals surface area contributed by atoms with Crippen LogP contribution in [0.3, 0.4) is 0 Å². The SMILES string of the molecule is CC(C)Oc1cccc(C2(O)CCC(N)C2)c1. The average molecular weight is 235 g/mol. The first-order valence-electron chi connectivity index (χ1n) is 6.25. The van der Waals surface area contributed by atoms with Crippen molar-refractivity contribution in [2.75, 3.05) is 0 Å². The largest absolute Gasteiger partial charge is 0.491 e. The van der Waals surface area contributed by atoms with Gasteiger partial charge in [-0.1, -0.05) is 12.1 Å². The van der Waals surface area contributed by atoms with Crippen LogP contribution in [0.25, 0.3) is 0 Å². The highest BCUT2D eigenvalue weighted by Gasteiger charge is 2.37. The maximum atomic E-state index is 10.6. The van der Waals surface area contributed by atoms with E-state index in [1.807, 2.05) is 38.1 Å². The van der Waals surface area contributed by atoms with Crippen LogP contribution in [0.4, 0.5) is 0 Å². The molecule has 0 saturated heterocycles. The first-order chi connectivity index (χ1) is 7.99. The molecule has 0 amide bonds. The zero-order valence-corrected chi connectivity index (χ0v) is 10.5. The summed E-state index contributed by atoms with van der Waals surface area (Å²) < 4.78 is 5.64. The first-order valence-corrected chi connectivity index (χ1v) is 6.25. The van der Waals surface area contributed by atoms with Gasteiger partial charge >= 0.3 is 0 Å². The van der Waals surface area contributed by atoms with Gasteiger partial charge in [-0.3, -0.25) is 0 Å². The molecule has 1 aliphatic carbocycles. The quantitative estimate of drug-likeness (QED) is 0.844. The van der Waals surface area contributed by atoms with Gasteiger partial charge < -0.3 is 15.6 Å². The Morgan fingerprint density at radius 1 is 1.47 bits per heavy atom. The van der Waals surface area contributed by atoms with Gasteiger partial charge in [0.15, 0.2) is 0 Å². The number of hydrogen-bond acceptors (Lipinski definition) is 3. The molecular formula is C14H21NO2. The highest BCUT2D eigenvalue weighted by Crippen LogP contribution is 2.39. The maximum absolute atomic E-state index is 10.6. The van der Waals surface area contributed by atoms with Gasteiger partial charge in [-0.25, -0.2) is 0 Å². The number of ether oxygens (including phenoxy) is 1. The third-order valence-corrected chi connectivity index (χ3v) is 3.27. The summed E-state index contributed by atoms with van der Waals surface area (Å²) in [6.07, 6.45) is 2.40. The lowest BCUT2D eigenvalue weighted by molar-refractivity contribution is 0.0427. The van der Waals surface area contributed by atoms with Gasteiger partial charge in [0, 0.05) is 6.04 Å². The van der Waals surface area contributed by atoms with Crippen LogP contribution in [0, 0.1) is 0 Å². The summed E-state index contributed by atoms with van der Waals surface area (Å²) in [6, 6.07) is 7.83. The molecule has 0 bridgehead atoms. The zero-order valence-electron chi connectivity index (χ0n) is 10.5. The van der Waals surface area contributed by atoms with Crippen molar-refractivity contribution in [2.45, 2.75) is 50.9 Å². The van der Waals surface area contributed by atoms with E-state index >= 15 is 0 Å². The number of aliphatic hydroxyl groups is 1. The van der Waals surface area contributed by atoms with Gasteiger partial charge in [0.1, 0.15) is 5.75 Å². The highest BCUT2D eigenvalue weighted by atomic mass is 16.5. The van der Waals surface area contributed by atoms with E-state index in [0.717, 1.165) is 24.2 Å². The van der Waals surface area contributed by atoms with E-state index < -0.39 is 5.60 Å². The van der Waals surface area contributed by atoms with Crippen LogP contribution in [0.5, 0.6) is 5.75 Å². The van der Waals surface area contributed by atoms with E-state index in [9.17, 15) is 5.11 Å². The summed E-state index contributed by atoms with van der Waals surface area (Å²) in [5, 5.41) is 10.6. The molecule has 3 N–H and O–H groups in total. The van der Waals surface area contributed by atoms with Crippen molar-refractivity contribution < 1.29 is 9.84 Å². The van der Waals surface area contributed by atoms with Crippen molar-refractivity contribution >= 4 is 0 Å². The maximum Gasteiger partial charge on any atom is 0.120 e. The van der Waals surface area contributed by atoms with Crippen molar-refractivity contribution in [2.24, 2.45) is 5.73 Å². The van der Waals surface area contributed by atoms with Crippen LogP contribution in [0.1, 0.15) is 38.7 Å². The molecule has 0 spiro atoms. The summed E-state index contributed by atoms with van der Waals surface area (Å²) in [7, 11) is 0. The van der Waals surface area contributed by atoms with E-state index in [4.69, 9.17) is 10.5 Å². The summed E-state index contributed by atoms with van der Waals surface area (Å²) in [5.41, 5.74) is 6.03. The fourth-order valence-electron chi connectivity index (χ4n) is 2.46. The lowest BCUT2D eigenvalue weighted by Gasteiger charge is -2.24. The predicted octanol–water partition coefficient (Wildman–Crippen LogP) is 2.17. The summed E-state index contributed by atoms with van der Waals surface area (Å²) >= 11 is 0. The van der Waals surface area contributed by atoms with E-state index in [0.29, 0.717) is 6.42 Å². The molecular weight excluding hydrogens is 214 g/mol. The molecule has 1 fully saturated rings. The Balaban J connectivity index is 2.21. The highest BCUT2D eigenvalue weighted by molar-refractivity contribution is 5.33. The molecule has 1 aromatic carbocycles. The van der Waals surface area contributed by atoms with Crippen LogP contribution >= 0.6 is 0 Å². The van der Waals surface area contributed by atoms with Crippen LogP contribution in [-0.4, -0.2) is 17.3 Å². The van der Waals surface area contributed by atoms with Crippen molar-refractivity contribution in [3.05, 3.63) is 29.8 Å². The van der Waals surface area contributed by atoms with Crippen LogP contribution in [0.2, 0.25) is 0 Å². The van der Waals surface area contributed by atoms with Gasteiger partial charge in [-0.15, -0.1) is 0 Å². The number of benzene rings is 1. The molecule has 1 saturated carbocycles. The van der Waals surface area contributed by atoms with E-state index in [2.05, 4.69) is 0 Å². The second-order valence-corrected chi connectivity index (χ2v) is 5.23. The topological polar surface area (TPSA) is 55.5 Å². The summed E-state index contributed by atoms with van der Waals surface area (Å²) in [4.78, 5) is 0. The molecule has 0 heterocycles. The van der Waals surface area contributed by atoms with Gasteiger partial charge in [0.05, 0.1) is 11.7 Å². The predicted molar refractivity (Wildman–Crippen MR) is 67.9 cm³/mol. The fourth-order valence-corrected chi connectivity index (χ4v) is 2.46. The number of nitrogens with two attached hydrogens (primary N) is 1. The molecule has 0 aromatic heterocycles. The Kier molecular flexibility index (Phi) is 3.40. The minimum absolute atomic E-state index is 0.106. The van der Waals surface area contributed by atoms with Crippen molar-refractivity contribution in [1.82, 2.24) is 0 Å². The summed E-state index contributed by atoms with van der Waals surface area (Å²) in [6.45, 7) is 3.99. The molecule has 1 aliphatic rings. The Bertz CT molecular complexity index is 392. The smallest absolute Gasteiger partial charge is 0.120 e. The van der Waals surface area contributed by atoms with Crippen molar-refractivity contribution in [3.63, 3.8) is 0 Å². The third kappa shape index (κ3) is 2.79. The first kappa shape index (κ1) is 12.4. The van der Waals surface area contributed by atoms with Gasteiger partial charge in [0.25, 0.3) is 0 Å². The lowest BCUT2D eigenvalue weighted by atomic mass is 9.92. The standard InChI is InChI=1S/C14H21NO2/c1-10(2)17-13-5-3-4-11(8-13)14(16)7-6-12(15)9-14/h3-5,8,10,12,16H,6-7,9,15H2,1-2H3. The molecule has 1 aromatic rings. The van der Waals surface area contributed by atoms with Crippen LogP contribution in [0.15, 0.2) is 24.3 Å². The molecule has 2 unspecified atom stereocenters. The Labute approximate surface area is 103 Å². The molecule has 0 aliphatic heterocycles. The van der Waals surface area contributed by atoms with Crippen molar-refractivity contribution in [1.29, 1.82) is 0 Å². The molecule has 94 valence electrons. The van der Waals surface area contributed by atoms with Gasteiger partial charge in [-0.05, 0) is 50.8 Å². The molecule has 3 nitrogen and oxygen atoms in total. The normalized spacial score (nSPS) is 28.6. The van der Waals surface area contributed by atoms with E-state index in [1.54, 1.807) is 0 Å². The second-order valence-electron chi connectivity index (χ2n) is 5.23. The second kappa shape index (κ2) is 4.67. The minimum Gasteiger partial charge on any atom is -0.491 e. The summed E-state index contributed by atoms with van der Waals surface area (Å²) in [5.74, 6) is 0.811. The molecule has 2 rings (SSSR count). The van der Waals surface area contributed by atoms with E-state index in [1.165, 1.54) is 0 Å². The van der Waals surface area contributed by atoms with Crippen LogP contribution in [-0.2, 0) is 5.60 Å². The molecule has 2 atom stereocenters. The minimum atomic E-state index is -0.768. The van der Waals surface area contributed by atoms with Gasteiger partial charge in [0.2, 0.25) is 0 Å². The van der Waals surface area contributed by atoms with Crippen LogP contribution < -0.4 is 10.5 Å². The molecule has 0 radical (unpaired) electrons. The fraction of sp³-hybridized carbons (Fsp3) is 0.571. The zero-order chi connectivity index (χ0) is 12.5. The average Bonchev–Trinajstić information content (AvgIpc) is 2.59. The monoisotopic (exact) mass is 235 g/mol. The van der Waals surface area contributed by atoms with Gasteiger partial charge in [-0.2, -0.15) is 0 Å². The number of rotatable bonds is 3. The Morgan fingerprint density at radius 2 is 2.24 bits per heavy atom. The molecule has 17 heavy (non-hydrogen) atoms. The van der Waals surface area contributed by atoms with Crippen molar-refractivity contribution in [3.8, 4) is 5.75 Å². The number of hydrogen-bond donors (Lipinski definition) is 2.